The molecule has 0 aliphatic heterocycles. The Balaban J connectivity index is 1.94. The molecular formula is C20H26N2O4S. The van der Waals surface area contributed by atoms with Crippen molar-refractivity contribution in [3.05, 3.63) is 51.5 Å². The molecule has 0 saturated heterocycles. The zero-order chi connectivity index (χ0) is 20.0. The number of aromatic nitrogens is 1. The van der Waals surface area contributed by atoms with Gasteiger partial charge in [-0.25, -0.2) is 9.78 Å². The van der Waals surface area contributed by atoms with Crippen LogP contribution < -0.4 is 5.32 Å². The van der Waals surface area contributed by atoms with Crippen LogP contribution in [-0.4, -0.2) is 40.2 Å². The number of nitrogens with one attached hydrogen (secondary N) is 1. The van der Waals surface area contributed by atoms with Crippen molar-refractivity contribution in [1.29, 1.82) is 0 Å². The molecule has 6 nitrogen and oxygen atoms in total. The first-order valence-corrected chi connectivity index (χ1v) is 9.69. The zero-order valence-electron chi connectivity index (χ0n) is 16.1. The van der Waals surface area contributed by atoms with Gasteiger partial charge in [0.15, 0.2) is 0 Å². The van der Waals surface area contributed by atoms with Gasteiger partial charge in [0, 0.05) is 24.8 Å². The number of nitrogens with zero attached hydrogens (tertiary/aromatic N) is 1. The summed E-state index contributed by atoms with van der Waals surface area (Å²) in [4.78, 5) is 28.1. The highest BCUT2D eigenvalue weighted by atomic mass is 32.1. The number of ether oxygens (including phenoxy) is 1. The maximum absolute atomic E-state index is 12.4. The fraction of sp³-hybridized carbons (Fsp3) is 0.450. The number of benzene rings is 1. The Morgan fingerprint density at radius 2 is 1.93 bits per heavy atom. The van der Waals surface area contributed by atoms with Gasteiger partial charge in [-0.15, -0.1) is 11.3 Å². The van der Waals surface area contributed by atoms with E-state index in [1.54, 1.807) is 5.38 Å². The van der Waals surface area contributed by atoms with Crippen LogP contribution in [0.2, 0.25) is 0 Å². The number of carboxylic acid groups (broad SMARTS) is 1. The van der Waals surface area contributed by atoms with Crippen molar-refractivity contribution >= 4 is 23.2 Å². The first kappa shape index (κ1) is 21.1. The van der Waals surface area contributed by atoms with Crippen LogP contribution in [-0.2, 0) is 16.0 Å². The van der Waals surface area contributed by atoms with Gasteiger partial charge in [-0.3, -0.25) is 4.79 Å². The topological polar surface area (TPSA) is 88.5 Å². The minimum Gasteiger partial charge on any atom is -0.480 e. The van der Waals surface area contributed by atoms with Crippen molar-refractivity contribution in [2.24, 2.45) is 0 Å². The Hall–Kier alpha value is -2.25. The minimum absolute atomic E-state index is 0.193. The highest BCUT2D eigenvalue weighted by molar-refractivity contribution is 7.09. The number of thiazole rings is 1. The molecule has 7 heteroatoms. The van der Waals surface area contributed by atoms with Gasteiger partial charge in [0.05, 0.1) is 10.6 Å². The standard InChI is InChI=1S/C20H26N2O4S/c1-13-5-7-14(8-6-13)11-17-21-16(12-27-17)18(23)22-15(19(24)25)9-10-26-20(2,3)4/h5-8,12,15H,9-11H2,1-4H3,(H,22,23)(H,24,25). The van der Waals surface area contributed by atoms with E-state index in [2.05, 4.69) is 10.3 Å². The molecule has 2 aromatic rings. The number of hydrogen-bond donors (Lipinski definition) is 2. The lowest BCUT2D eigenvalue weighted by Gasteiger charge is -2.21. The van der Waals surface area contributed by atoms with Crippen molar-refractivity contribution in [2.75, 3.05) is 6.61 Å². The maximum Gasteiger partial charge on any atom is 0.326 e. The Bertz CT molecular complexity index is 778. The minimum atomic E-state index is -1.09. The second-order valence-electron chi connectivity index (χ2n) is 7.40. The summed E-state index contributed by atoms with van der Waals surface area (Å²) >= 11 is 1.39. The molecule has 1 aromatic heterocycles. The normalized spacial score (nSPS) is 12.6. The molecule has 0 aliphatic rings. The van der Waals surface area contributed by atoms with Gasteiger partial charge in [-0.1, -0.05) is 29.8 Å². The number of aliphatic carboxylic acids is 1. The highest BCUT2D eigenvalue weighted by Gasteiger charge is 2.23. The van der Waals surface area contributed by atoms with E-state index in [9.17, 15) is 14.7 Å². The molecule has 2 N–H and O–H groups in total. The first-order valence-electron chi connectivity index (χ1n) is 8.81. The monoisotopic (exact) mass is 390 g/mol. The van der Waals surface area contributed by atoms with Crippen LogP contribution in [0.1, 0.15) is 53.8 Å². The molecule has 1 atom stereocenters. The van der Waals surface area contributed by atoms with Crippen LogP contribution in [0.3, 0.4) is 0 Å². The number of carboxylic acids is 1. The molecule has 1 amide bonds. The number of carbonyl (C=O) groups excluding carboxylic acids is 1. The molecular weight excluding hydrogens is 364 g/mol. The second-order valence-corrected chi connectivity index (χ2v) is 8.35. The maximum atomic E-state index is 12.4. The molecule has 2 rings (SSSR count). The summed E-state index contributed by atoms with van der Waals surface area (Å²) in [5, 5.41) is 14.3. The highest BCUT2D eigenvalue weighted by Crippen LogP contribution is 2.16. The molecule has 1 unspecified atom stereocenters. The van der Waals surface area contributed by atoms with E-state index in [0.29, 0.717) is 6.42 Å². The van der Waals surface area contributed by atoms with E-state index in [0.717, 1.165) is 10.6 Å². The van der Waals surface area contributed by atoms with Gasteiger partial charge < -0.3 is 15.2 Å². The van der Waals surface area contributed by atoms with Crippen LogP contribution in [0.15, 0.2) is 29.6 Å². The Labute approximate surface area is 163 Å². The number of amides is 1. The Morgan fingerprint density at radius 1 is 1.26 bits per heavy atom. The molecule has 146 valence electrons. The first-order chi connectivity index (χ1) is 12.6. The SMILES string of the molecule is Cc1ccc(Cc2nc(C(=O)NC(CCOC(C)(C)C)C(=O)O)cs2)cc1. The summed E-state index contributed by atoms with van der Waals surface area (Å²) < 4.78 is 5.55. The van der Waals surface area contributed by atoms with E-state index in [1.165, 1.54) is 16.9 Å². The summed E-state index contributed by atoms with van der Waals surface area (Å²) in [5.41, 5.74) is 2.19. The van der Waals surface area contributed by atoms with Crippen LogP contribution in [0.5, 0.6) is 0 Å². The van der Waals surface area contributed by atoms with Gasteiger partial charge in [0.25, 0.3) is 5.91 Å². The van der Waals surface area contributed by atoms with Crippen molar-refractivity contribution in [3.8, 4) is 0 Å². The average molecular weight is 391 g/mol. The number of rotatable bonds is 8. The smallest absolute Gasteiger partial charge is 0.326 e. The molecule has 27 heavy (non-hydrogen) atoms. The Morgan fingerprint density at radius 3 is 2.52 bits per heavy atom. The predicted molar refractivity (Wildman–Crippen MR) is 105 cm³/mol. The van der Waals surface area contributed by atoms with Crippen LogP contribution in [0.25, 0.3) is 0 Å². The van der Waals surface area contributed by atoms with Crippen molar-refractivity contribution in [2.45, 2.75) is 52.2 Å². The number of aryl methyl sites for hydroxylation is 1. The van der Waals surface area contributed by atoms with Gasteiger partial charge >= 0.3 is 5.97 Å². The number of carbonyl (C=O) groups is 2. The summed E-state index contributed by atoms with van der Waals surface area (Å²) in [7, 11) is 0. The van der Waals surface area contributed by atoms with E-state index in [-0.39, 0.29) is 24.3 Å². The van der Waals surface area contributed by atoms with Gasteiger partial charge in [0.2, 0.25) is 0 Å². The lowest BCUT2D eigenvalue weighted by atomic mass is 10.1. The zero-order valence-corrected chi connectivity index (χ0v) is 16.9. The van der Waals surface area contributed by atoms with E-state index in [4.69, 9.17) is 4.74 Å². The van der Waals surface area contributed by atoms with E-state index >= 15 is 0 Å². The lowest BCUT2D eigenvalue weighted by Crippen LogP contribution is -2.42. The van der Waals surface area contributed by atoms with Crippen molar-refractivity contribution < 1.29 is 19.4 Å². The van der Waals surface area contributed by atoms with E-state index in [1.807, 2.05) is 52.0 Å². The summed E-state index contributed by atoms with van der Waals surface area (Å²) in [6.07, 6.45) is 0.832. The lowest BCUT2D eigenvalue weighted by molar-refractivity contribution is -0.140. The Kier molecular flexibility index (Phi) is 7.10. The van der Waals surface area contributed by atoms with E-state index < -0.39 is 17.9 Å². The number of hydrogen-bond acceptors (Lipinski definition) is 5. The largest absolute Gasteiger partial charge is 0.480 e. The van der Waals surface area contributed by atoms with Crippen molar-refractivity contribution in [1.82, 2.24) is 10.3 Å². The predicted octanol–water partition coefficient (Wildman–Crippen LogP) is 3.43. The fourth-order valence-corrected chi connectivity index (χ4v) is 3.16. The molecule has 0 aliphatic carbocycles. The summed E-state index contributed by atoms with van der Waals surface area (Å²) in [6, 6.07) is 7.13. The van der Waals surface area contributed by atoms with Gasteiger partial charge in [-0.05, 0) is 33.3 Å². The third-order valence-electron chi connectivity index (χ3n) is 3.81. The summed E-state index contributed by atoms with van der Waals surface area (Å²) in [6.45, 7) is 7.96. The van der Waals surface area contributed by atoms with Crippen LogP contribution in [0.4, 0.5) is 0 Å². The molecule has 0 fully saturated rings. The average Bonchev–Trinajstić information content (AvgIpc) is 3.03. The fourth-order valence-electron chi connectivity index (χ4n) is 2.35. The quantitative estimate of drug-likeness (QED) is 0.721. The van der Waals surface area contributed by atoms with Gasteiger partial charge in [-0.2, -0.15) is 0 Å². The molecule has 1 aromatic carbocycles. The van der Waals surface area contributed by atoms with Crippen molar-refractivity contribution in [3.63, 3.8) is 0 Å². The third kappa shape index (κ3) is 7.11. The van der Waals surface area contributed by atoms with Crippen LogP contribution >= 0.6 is 11.3 Å². The molecule has 0 radical (unpaired) electrons. The summed E-state index contributed by atoms with van der Waals surface area (Å²) in [5.74, 6) is -1.57. The molecule has 0 spiro atoms. The second kappa shape index (κ2) is 9.10. The van der Waals surface area contributed by atoms with Crippen LogP contribution in [0, 0.1) is 6.92 Å². The molecule has 1 heterocycles. The molecule has 0 saturated carbocycles. The molecule has 0 bridgehead atoms. The third-order valence-corrected chi connectivity index (χ3v) is 4.65. The van der Waals surface area contributed by atoms with Gasteiger partial charge in [0.1, 0.15) is 11.7 Å².